The van der Waals surface area contributed by atoms with Crippen molar-refractivity contribution in [3.63, 3.8) is 0 Å². The van der Waals surface area contributed by atoms with E-state index in [-0.39, 0.29) is 11.8 Å². The molecule has 0 spiro atoms. The maximum atomic E-state index is 12.7. The monoisotopic (exact) mass is 310 g/mol. The van der Waals surface area contributed by atoms with Gasteiger partial charge in [0.25, 0.3) is 5.91 Å². The van der Waals surface area contributed by atoms with Crippen LogP contribution in [0.5, 0.6) is 0 Å². The Hall–Kier alpha value is -2.36. The fourth-order valence-electron chi connectivity index (χ4n) is 3.53. The molecule has 1 aliphatic rings. The van der Waals surface area contributed by atoms with Crippen LogP contribution in [-0.4, -0.2) is 17.9 Å². The van der Waals surface area contributed by atoms with Crippen molar-refractivity contribution in [1.82, 2.24) is 5.32 Å². The molecular weight excluding hydrogens is 288 g/mol. The van der Waals surface area contributed by atoms with E-state index in [1.807, 2.05) is 36.4 Å². The van der Waals surface area contributed by atoms with Gasteiger partial charge < -0.3 is 11.1 Å². The van der Waals surface area contributed by atoms with Crippen LogP contribution in [0.1, 0.15) is 42.5 Å². The van der Waals surface area contributed by atoms with Crippen molar-refractivity contribution >= 4 is 22.6 Å². The molecule has 0 aliphatic heterocycles. The number of carbonyl (C=O) groups excluding carboxylic acids is 2. The molecule has 1 fully saturated rings. The van der Waals surface area contributed by atoms with Gasteiger partial charge in [0.2, 0.25) is 5.91 Å². The highest BCUT2D eigenvalue weighted by atomic mass is 16.2. The molecule has 23 heavy (non-hydrogen) atoms. The molecule has 2 amide bonds. The number of hydrogen-bond donors (Lipinski definition) is 2. The molecule has 0 aromatic heterocycles. The molecule has 0 heterocycles. The van der Waals surface area contributed by atoms with E-state index < -0.39 is 11.9 Å². The average Bonchev–Trinajstić information content (AvgIpc) is 2.59. The number of carbonyl (C=O) groups is 2. The minimum atomic E-state index is -0.582. The summed E-state index contributed by atoms with van der Waals surface area (Å²) in [7, 11) is 0. The maximum absolute atomic E-state index is 12.7. The largest absolute Gasteiger partial charge is 0.368 e. The lowest BCUT2D eigenvalue weighted by Crippen LogP contribution is -2.49. The van der Waals surface area contributed by atoms with Crippen molar-refractivity contribution in [3.8, 4) is 0 Å². The molecule has 1 atom stereocenters. The predicted molar refractivity (Wildman–Crippen MR) is 91.0 cm³/mol. The third-order valence-corrected chi connectivity index (χ3v) is 4.75. The predicted octanol–water partition coefficient (Wildman–Crippen LogP) is 3.00. The van der Waals surface area contributed by atoms with Gasteiger partial charge in [0, 0.05) is 5.56 Å². The molecule has 0 radical (unpaired) electrons. The van der Waals surface area contributed by atoms with E-state index in [1.165, 1.54) is 6.42 Å². The van der Waals surface area contributed by atoms with Crippen LogP contribution >= 0.6 is 0 Å². The van der Waals surface area contributed by atoms with E-state index in [1.54, 1.807) is 6.07 Å². The van der Waals surface area contributed by atoms with E-state index in [0.717, 1.165) is 36.5 Å². The third-order valence-electron chi connectivity index (χ3n) is 4.75. The first-order valence-electron chi connectivity index (χ1n) is 8.25. The van der Waals surface area contributed by atoms with Gasteiger partial charge in [-0.05, 0) is 35.6 Å². The maximum Gasteiger partial charge on any atom is 0.252 e. The lowest BCUT2D eigenvalue weighted by Gasteiger charge is -2.28. The Balaban J connectivity index is 1.84. The van der Waals surface area contributed by atoms with Crippen molar-refractivity contribution in [2.45, 2.75) is 38.1 Å². The van der Waals surface area contributed by atoms with Crippen LogP contribution in [0.15, 0.2) is 42.5 Å². The molecule has 3 N–H and O–H groups in total. The normalized spacial score (nSPS) is 16.9. The van der Waals surface area contributed by atoms with E-state index in [2.05, 4.69) is 5.32 Å². The quantitative estimate of drug-likeness (QED) is 0.911. The SMILES string of the molecule is NC(=O)[C@@H](NC(=O)c1cccc2ccccc12)C1CCCCC1. The van der Waals surface area contributed by atoms with Gasteiger partial charge in [-0.25, -0.2) is 0 Å². The van der Waals surface area contributed by atoms with Crippen LogP contribution in [0.4, 0.5) is 0 Å². The molecule has 1 aliphatic carbocycles. The molecule has 2 aromatic carbocycles. The summed E-state index contributed by atoms with van der Waals surface area (Å²) >= 11 is 0. The molecule has 4 heteroatoms. The number of amides is 2. The summed E-state index contributed by atoms with van der Waals surface area (Å²) in [6.07, 6.45) is 5.28. The highest BCUT2D eigenvalue weighted by molar-refractivity contribution is 6.08. The first-order valence-corrected chi connectivity index (χ1v) is 8.25. The topological polar surface area (TPSA) is 72.2 Å². The van der Waals surface area contributed by atoms with E-state index in [4.69, 9.17) is 5.73 Å². The molecular formula is C19H22N2O2. The van der Waals surface area contributed by atoms with Gasteiger partial charge >= 0.3 is 0 Å². The Morgan fingerprint density at radius 2 is 1.70 bits per heavy atom. The highest BCUT2D eigenvalue weighted by Crippen LogP contribution is 2.27. The number of benzene rings is 2. The fourth-order valence-corrected chi connectivity index (χ4v) is 3.53. The third kappa shape index (κ3) is 3.36. The Bertz CT molecular complexity index is 715. The van der Waals surface area contributed by atoms with Crippen LogP contribution in [0.2, 0.25) is 0 Å². The van der Waals surface area contributed by atoms with Crippen molar-refractivity contribution in [1.29, 1.82) is 0 Å². The van der Waals surface area contributed by atoms with Crippen LogP contribution in [0.25, 0.3) is 10.8 Å². The second kappa shape index (κ2) is 6.82. The first-order chi connectivity index (χ1) is 11.2. The average molecular weight is 310 g/mol. The van der Waals surface area contributed by atoms with Gasteiger partial charge in [-0.15, -0.1) is 0 Å². The summed E-state index contributed by atoms with van der Waals surface area (Å²) in [5.74, 6) is -0.512. The summed E-state index contributed by atoms with van der Waals surface area (Å²) in [6.45, 7) is 0. The van der Waals surface area contributed by atoms with Crippen molar-refractivity contribution < 1.29 is 9.59 Å². The Morgan fingerprint density at radius 1 is 1.00 bits per heavy atom. The first kappa shape index (κ1) is 15.5. The van der Waals surface area contributed by atoms with Crippen molar-refractivity contribution in [2.75, 3.05) is 0 Å². The summed E-state index contributed by atoms with van der Waals surface area (Å²) < 4.78 is 0. The minimum absolute atomic E-state index is 0.153. The van der Waals surface area contributed by atoms with Gasteiger partial charge in [0.15, 0.2) is 0 Å². The van der Waals surface area contributed by atoms with Crippen molar-refractivity contribution in [3.05, 3.63) is 48.0 Å². The van der Waals surface area contributed by atoms with E-state index in [9.17, 15) is 9.59 Å². The summed E-state index contributed by atoms with van der Waals surface area (Å²) in [5.41, 5.74) is 6.14. The molecule has 0 saturated heterocycles. The van der Waals surface area contributed by atoms with Crippen LogP contribution in [0.3, 0.4) is 0 Å². The lowest BCUT2D eigenvalue weighted by atomic mass is 9.83. The van der Waals surface area contributed by atoms with Gasteiger partial charge in [-0.1, -0.05) is 55.7 Å². The molecule has 2 aromatic rings. The number of hydrogen-bond acceptors (Lipinski definition) is 2. The second-order valence-electron chi connectivity index (χ2n) is 6.28. The molecule has 1 saturated carbocycles. The summed E-state index contributed by atoms with van der Waals surface area (Å²) in [5, 5.41) is 4.78. The van der Waals surface area contributed by atoms with Gasteiger partial charge in [-0.3, -0.25) is 9.59 Å². The van der Waals surface area contributed by atoms with E-state index >= 15 is 0 Å². The molecule has 3 rings (SSSR count). The van der Waals surface area contributed by atoms with E-state index in [0.29, 0.717) is 5.56 Å². The zero-order chi connectivity index (χ0) is 16.2. The Labute approximate surface area is 136 Å². The zero-order valence-corrected chi connectivity index (χ0v) is 13.1. The van der Waals surface area contributed by atoms with Crippen LogP contribution < -0.4 is 11.1 Å². The van der Waals surface area contributed by atoms with Crippen LogP contribution in [0, 0.1) is 5.92 Å². The van der Waals surface area contributed by atoms with Crippen LogP contribution in [-0.2, 0) is 4.79 Å². The highest BCUT2D eigenvalue weighted by Gasteiger charge is 2.29. The molecule has 0 unspecified atom stereocenters. The lowest BCUT2D eigenvalue weighted by molar-refractivity contribution is -0.121. The Morgan fingerprint density at radius 3 is 2.43 bits per heavy atom. The zero-order valence-electron chi connectivity index (χ0n) is 13.1. The number of nitrogens with one attached hydrogen (secondary N) is 1. The number of primary amides is 1. The number of fused-ring (bicyclic) bond motifs is 1. The number of rotatable bonds is 4. The van der Waals surface area contributed by atoms with Gasteiger partial charge in [0.1, 0.15) is 6.04 Å². The standard InChI is InChI=1S/C19H22N2O2/c20-18(22)17(14-8-2-1-3-9-14)21-19(23)16-12-6-10-13-7-4-5-11-15(13)16/h4-7,10-12,14,17H,1-3,8-9H2,(H2,20,22)(H,21,23)/t17-/m0/s1. The Kier molecular flexibility index (Phi) is 4.60. The smallest absolute Gasteiger partial charge is 0.252 e. The number of nitrogens with two attached hydrogens (primary N) is 1. The summed E-state index contributed by atoms with van der Waals surface area (Å²) in [6, 6.07) is 12.8. The van der Waals surface area contributed by atoms with Gasteiger partial charge in [-0.2, -0.15) is 0 Å². The molecule has 0 bridgehead atoms. The fraction of sp³-hybridized carbons (Fsp3) is 0.368. The van der Waals surface area contributed by atoms with Crippen molar-refractivity contribution in [2.24, 2.45) is 11.7 Å². The van der Waals surface area contributed by atoms with Gasteiger partial charge in [0.05, 0.1) is 0 Å². The molecule has 120 valence electrons. The second-order valence-corrected chi connectivity index (χ2v) is 6.28. The molecule has 4 nitrogen and oxygen atoms in total. The minimum Gasteiger partial charge on any atom is -0.368 e. The summed E-state index contributed by atoms with van der Waals surface area (Å²) in [4.78, 5) is 24.5.